The minimum absolute atomic E-state index is 0.0311. The summed E-state index contributed by atoms with van der Waals surface area (Å²) in [4.78, 5) is 43.2. The third-order valence-corrected chi connectivity index (χ3v) is 7.12. The van der Waals surface area contributed by atoms with Crippen LogP contribution in [0.4, 0.5) is 4.79 Å². The van der Waals surface area contributed by atoms with Crippen LogP contribution in [0.3, 0.4) is 0 Å². The van der Waals surface area contributed by atoms with Crippen molar-refractivity contribution in [1.29, 1.82) is 0 Å². The lowest BCUT2D eigenvalue weighted by molar-refractivity contribution is -0.149. The number of carbonyl (C=O) groups is 3. The average molecular weight is 592 g/mol. The zero-order chi connectivity index (χ0) is 30.7. The van der Waals surface area contributed by atoms with Crippen molar-refractivity contribution in [2.24, 2.45) is 0 Å². The molecule has 0 aliphatic rings. The number of nitrogens with one attached hydrogen (secondary N) is 3. The smallest absolute Gasteiger partial charge is 0.408 e. The highest BCUT2D eigenvalue weighted by atomic mass is 16.5. The highest BCUT2D eigenvalue weighted by Crippen LogP contribution is 2.20. The second-order valence-electron chi connectivity index (χ2n) is 10.3. The molecule has 0 unspecified atom stereocenters. The lowest BCUT2D eigenvalue weighted by atomic mass is 10.0. The number of alkyl carbamates (subject to hydrolysis) is 1. The number of benzene rings is 4. The molecule has 5 aromatic rings. The topological polar surface area (TPSA) is 130 Å². The van der Waals surface area contributed by atoms with Gasteiger partial charge < -0.3 is 30.2 Å². The van der Waals surface area contributed by atoms with Crippen molar-refractivity contribution >= 4 is 28.9 Å². The van der Waals surface area contributed by atoms with E-state index in [1.54, 1.807) is 18.3 Å². The van der Waals surface area contributed by atoms with E-state index < -0.39 is 30.1 Å². The second-order valence-corrected chi connectivity index (χ2v) is 10.3. The number of hydrogen-bond acceptors (Lipinski definition) is 6. The van der Waals surface area contributed by atoms with Crippen molar-refractivity contribution in [3.8, 4) is 5.75 Å². The minimum atomic E-state index is -1.07. The Kier molecular flexibility index (Phi) is 9.89. The van der Waals surface area contributed by atoms with Gasteiger partial charge in [0.05, 0.1) is 0 Å². The van der Waals surface area contributed by atoms with E-state index in [9.17, 15) is 19.5 Å². The fourth-order valence-corrected chi connectivity index (χ4v) is 4.80. The number of hydrogen-bond donors (Lipinski definition) is 4. The van der Waals surface area contributed by atoms with Gasteiger partial charge in [0.15, 0.2) is 0 Å². The molecule has 0 aliphatic heterocycles. The molecule has 4 aromatic carbocycles. The number of carbonyl (C=O) groups excluding carboxylic acids is 3. The summed E-state index contributed by atoms with van der Waals surface area (Å²) in [5.41, 5.74) is 4.01. The first-order valence-electron chi connectivity index (χ1n) is 14.3. The number of amides is 2. The van der Waals surface area contributed by atoms with Gasteiger partial charge >= 0.3 is 12.1 Å². The normalized spacial score (nSPS) is 12.2. The number of aromatic amines is 1. The quantitative estimate of drug-likeness (QED) is 0.148. The fourth-order valence-electron chi connectivity index (χ4n) is 4.80. The highest BCUT2D eigenvalue weighted by Gasteiger charge is 2.29. The Morgan fingerprint density at radius 3 is 1.95 bits per heavy atom. The van der Waals surface area contributed by atoms with Gasteiger partial charge in [-0.05, 0) is 40.5 Å². The maximum absolute atomic E-state index is 13.8. The molecule has 0 fully saturated rings. The molecule has 5 rings (SSSR count). The van der Waals surface area contributed by atoms with Crippen molar-refractivity contribution in [3.05, 3.63) is 138 Å². The van der Waals surface area contributed by atoms with Crippen LogP contribution in [0, 0.1) is 0 Å². The number of phenolic OH excluding ortho intramolecular Hbond substituents is 1. The summed E-state index contributed by atoms with van der Waals surface area (Å²) in [6.45, 7) is 0.0633. The number of aromatic nitrogens is 1. The van der Waals surface area contributed by atoms with Crippen LogP contribution in [0.15, 0.2) is 115 Å². The molecule has 2 atom stereocenters. The summed E-state index contributed by atoms with van der Waals surface area (Å²) >= 11 is 0. The molecule has 9 heteroatoms. The molecule has 1 heterocycles. The highest BCUT2D eigenvalue weighted by molar-refractivity contribution is 5.91. The first-order chi connectivity index (χ1) is 21.4. The van der Waals surface area contributed by atoms with Crippen LogP contribution in [-0.4, -0.2) is 40.1 Å². The molecule has 0 spiro atoms. The van der Waals surface area contributed by atoms with Gasteiger partial charge in [0.1, 0.15) is 31.0 Å². The van der Waals surface area contributed by atoms with Crippen LogP contribution in [0.5, 0.6) is 5.75 Å². The van der Waals surface area contributed by atoms with Crippen molar-refractivity contribution in [3.63, 3.8) is 0 Å². The van der Waals surface area contributed by atoms with Crippen molar-refractivity contribution in [2.45, 2.75) is 38.1 Å². The minimum Gasteiger partial charge on any atom is -0.508 e. The Hall–Kier alpha value is -5.57. The van der Waals surface area contributed by atoms with E-state index >= 15 is 0 Å². The summed E-state index contributed by atoms with van der Waals surface area (Å²) in [7, 11) is 0. The molecule has 44 heavy (non-hydrogen) atoms. The largest absolute Gasteiger partial charge is 0.508 e. The first-order valence-corrected chi connectivity index (χ1v) is 14.3. The van der Waals surface area contributed by atoms with Gasteiger partial charge in [0.25, 0.3) is 0 Å². The third-order valence-electron chi connectivity index (χ3n) is 7.12. The Morgan fingerprint density at radius 1 is 0.659 bits per heavy atom. The standard InChI is InChI=1S/C35H33N3O6/c39-28-17-15-24(16-18-28)19-32(34(41)43-22-25-9-3-1-4-10-25)37-33(40)31(20-27-21-36-30-14-8-7-13-29(27)30)38-35(42)44-23-26-11-5-2-6-12-26/h1-18,21,31-32,36,39H,19-20,22-23H2,(H,37,40)(H,38,42)/t31-,32+/m0/s1. The maximum atomic E-state index is 13.8. The van der Waals surface area contributed by atoms with E-state index in [1.807, 2.05) is 84.9 Å². The SMILES string of the molecule is O=C(N[C@@H](Cc1c[nH]c2ccccc12)C(=O)N[C@H](Cc1ccc(O)cc1)C(=O)OCc1ccccc1)OCc1ccccc1. The van der Waals surface area contributed by atoms with Crippen molar-refractivity contribution in [2.75, 3.05) is 0 Å². The van der Waals surface area contributed by atoms with Crippen LogP contribution in [0.1, 0.15) is 22.3 Å². The Labute approximate surface area is 254 Å². The molecule has 4 N–H and O–H groups in total. The van der Waals surface area contributed by atoms with Gasteiger partial charge in [-0.25, -0.2) is 9.59 Å². The zero-order valence-electron chi connectivity index (χ0n) is 23.9. The zero-order valence-corrected chi connectivity index (χ0v) is 23.9. The van der Waals surface area contributed by atoms with E-state index in [-0.39, 0.29) is 31.8 Å². The van der Waals surface area contributed by atoms with Crippen molar-refractivity contribution in [1.82, 2.24) is 15.6 Å². The Bertz CT molecular complexity index is 1690. The average Bonchev–Trinajstić information content (AvgIpc) is 3.46. The number of rotatable bonds is 12. The molecular weight excluding hydrogens is 558 g/mol. The number of para-hydroxylation sites is 1. The van der Waals surface area contributed by atoms with Gasteiger partial charge in [-0.1, -0.05) is 91.0 Å². The molecule has 0 radical (unpaired) electrons. The van der Waals surface area contributed by atoms with Crippen LogP contribution < -0.4 is 10.6 Å². The number of fused-ring (bicyclic) bond motifs is 1. The van der Waals surface area contributed by atoms with Gasteiger partial charge in [-0.2, -0.15) is 0 Å². The predicted octanol–water partition coefficient (Wildman–Crippen LogP) is 5.18. The van der Waals surface area contributed by atoms with Crippen LogP contribution in [0.2, 0.25) is 0 Å². The predicted molar refractivity (Wildman–Crippen MR) is 166 cm³/mol. The molecule has 224 valence electrons. The molecule has 1 aromatic heterocycles. The summed E-state index contributed by atoms with van der Waals surface area (Å²) in [5, 5.41) is 16.1. The van der Waals surface area contributed by atoms with E-state index in [0.717, 1.165) is 27.6 Å². The Morgan fingerprint density at radius 2 is 1.27 bits per heavy atom. The van der Waals surface area contributed by atoms with E-state index in [4.69, 9.17) is 9.47 Å². The first kappa shape index (κ1) is 29.9. The second kappa shape index (κ2) is 14.6. The fraction of sp³-hybridized carbons (Fsp3) is 0.171. The number of H-pyrrole nitrogens is 1. The summed E-state index contributed by atoms with van der Waals surface area (Å²) in [6, 6.07) is 30.3. The van der Waals surface area contributed by atoms with Gasteiger partial charge in [-0.3, -0.25) is 4.79 Å². The van der Waals surface area contributed by atoms with Gasteiger partial charge in [-0.15, -0.1) is 0 Å². The van der Waals surface area contributed by atoms with Crippen LogP contribution >= 0.6 is 0 Å². The molecule has 0 aliphatic carbocycles. The van der Waals surface area contributed by atoms with Gasteiger partial charge in [0.2, 0.25) is 5.91 Å². The lowest BCUT2D eigenvalue weighted by Crippen LogP contribution is -2.53. The third kappa shape index (κ3) is 8.25. The molecule has 0 bridgehead atoms. The van der Waals surface area contributed by atoms with Gasteiger partial charge in [0, 0.05) is 29.9 Å². The van der Waals surface area contributed by atoms with E-state index in [2.05, 4.69) is 15.6 Å². The van der Waals surface area contributed by atoms with Crippen LogP contribution in [-0.2, 0) is 45.1 Å². The molecule has 2 amide bonds. The number of ether oxygens (including phenoxy) is 2. The van der Waals surface area contributed by atoms with Crippen LogP contribution in [0.25, 0.3) is 10.9 Å². The summed E-state index contributed by atoms with van der Waals surface area (Å²) in [6.07, 6.45) is 1.28. The lowest BCUT2D eigenvalue weighted by Gasteiger charge is -2.23. The van der Waals surface area contributed by atoms with E-state index in [1.165, 1.54) is 12.1 Å². The Balaban J connectivity index is 1.34. The molecular formula is C35H33N3O6. The molecule has 0 saturated heterocycles. The van der Waals surface area contributed by atoms with Crippen molar-refractivity contribution < 1.29 is 29.0 Å². The van der Waals surface area contributed by atoms with E-state index in [0.29, 0.717) is 5.56 Å². The number of phenols is 1. The molecule has 9 nitrogen and oxygen atoms in total. The number of aromatic hydroxyl groups is 1. The maximum Gasteiger partial charge on any atom is 0.408 e. The molecule has 0 saturated carbocycles. The monoisotopic (exact) mass is 591 g/mol. The number of esters is 1. The summed E-state index contributed by atoms with van der Waals surface area (Å²) in [5.74, 6) is -1.13. The summed E-state index contributed by atoms with van der Waals surface area (Å²) < 4.78 is 11.0.